The number of rotatable bonds is 10. The smallest absolute Gasteiger partial charge is 0.335 e. The molecule has 0 aliphatic heterocycles. The van der Waals surface area contributed by atoms with Crippen molar-refractivity contribution in [1.29, 1.82) is 0 Å². The summed E-state index contributed by atoms with van der Waals surface area (Å²) in [6, 6.07) is -1.70. The number of carbonyl (C=O) groups is 2. The molecule has 0 aromatic rings. The van der Waals surface area contributed by atoms with Crippen molar-refractivity contribution >= 4 is 22.1 Å². The highest BCUT2D eigenvalue weighted by Gasteiger charge is 2.35. The summed E-state index contributed by atoms with van der Waals surface area (Å²) in [4.78, 5) is 23.4. The lowest BCUT2D eigenvalue weighted by molar-refractivity contribution is -0.157. The number of carbonyl (C=O) groups excluding carboxylic acids is 2. The Bertz CT molecular complexity index is 419. The van der Waals surface area contributed by atoms with Gasteiger partial charge in [0.15, 0.2) is 0 Å². The average Bonchev–Trinajstić information content (AvgIpc) is 2.42. The van der Waals surface area contributed by atoms with E-state index in [-0.39, 0.29) is 19.8 Å². The number of ether oxygens (including phenoxy) is 2. The van der Waals surface area contributed by atoms with Crippen LogP contribution in [0.4, 0.5) is 0 Å². The second-order valence-corrected chi connectivity index (χ2v) is 6.04. The summed E-state index contributed by atoms with van der Waals surface area (Å²) in [5.74, 6) is -1.97. The van der Waals surface area contributed by atoms with E-state index in [9.17, 15) is 18.0 Å². The Morgan fingerprint density at radius 2 is 1.57 bits per heavy atom. The van der Waals surface area contributed by atoms with Crippen molar-refractivity contribution in [2.75, 3.05) is 26.8 Å². The Balaban J connectivity index is 5.01. The van der Waals surface area contributed by atoms with Crippen molar-refractivity contribution in [2.24, 2.45) is 0 Å². The van der Waals surface area contributed by atoms with Gasteiger partial charge in [-0.15, -0.1) is 0 Å². The van der Waals surface area contributed by atoms with Crippen LogP contribution in [-0.4, -0.2) is 57.5 Å². The normalized spacial score (nSPS) is 11.7. The van der Waals surface area contributed by atoms with E-state index in [0.29, 0.717) is 6.42 Å². The van der Waals surface area contributed by atoms with Gasteiger partial charge in [0.1, 0.15) is 0 Å². The van der Waals surface area contributed by atoms with Crippen LogP contribution in [0.3, 0.4) is 0 Å². The van der Waals surface area contributed by atoms with Gasteiger partial charge in [-0.2, -0.15) is 17.4 Å². The van der Waals surface area contributed by atoms with Crippen LogP contribution in [0, 0.1) is 0 Å². The molecule has 0 aliphatic rings. The number of unbranched alkanes of at least 4 members (excludes halogenated alkanes) is 1. The van der Waals surface area contributed by atoms with Gasteiger partial charge in [-0.3, -0.25) is 0 Å². The molecule has 0 amide bonds. The number of nitrogens with zero attached hydrogens (tertiary/aromatic N) is 1. The molecule has 0 unspecified atom stereocenters. The molecule has 0 bridgehead atoms. The van der Waals surface area contributed by atoms with Gasteiger partial charge >= 0.3 is 11.9 Å². The van der Waals surface area contributed by atoms with Gasteiger partial charge in [0.25, 0.3) is 10.2 Å². The van der Waals surface area contributed by atoms with Crippen molar-refractivity contribution in [3.63, 3.8) is 0 Å². The van der Waals surface area contributed by atoms with Crippen molar-refractivity contribution < 1.29 is 27.5 Å². The van der Waals surface area contributed by atoms with E-state index in [4.69, 9.17) is 9.47 Å². The highest BCUT2D eigenvalue weighted by Crippen LogP contribution is 2.03. The fraction of sp³-hybridized carbons (Fsp3) is 0.833. The maximum atomic E-state index is 12.1. The molecule has 0 aromatic heterocycles. The van der Waals surface area contributed by atoms with Crippen molar-refractivity contribution in [3.8, 4) is 0 Å². The van der Waals surface area contributed by atoms with Gasteiger partial charge in [-0.25, -0.2) is 9.59 Å². The standard InChI is InChI=1S/C12H24N2O6S/c1-5-8-9-14(4)21(17,18)13-10(11(15)19-6-2)12(16)20-7-3/h10,13H,5-9H2,1-4H3. The minimum atomic E-state index is -3.98. The van der Waals surface area contributed by atoms with Crippen molar-refractivity contribution in [3.05, 3.63) is 0 Å². The zero-order valence-corrected chi connectivity index (χ0v) is 13.7. The van der Waals surface area contributed by atoms with Crippen LogP contribution in [0.15, 0.2) is 0 Å². The Labute approximate surface area is 126 Å². The topological polar surface area (TPSA) is 102 Å². The molecule has 0 aromatic carbocycles. The SMILES string of the molecule is CCCCN(C)S(=O)(=O)NC(C(=O)OCC)C(=O)OCC. The van der Waals surface area contributed by atoms with Crippen LogP contribution < -0.4 is 4.72 Å². The average molecular weight is 324 g/mol. The molecule has 8 nitrogen and oxygen atoms in total. The first kappa shape index (κ1) is 19.8. The quantitative estimate of drug-likeness (QED) is 0.450. The third-order valence-electron chi connectivity index (χ3n) is 2.55. The lowest BCUT2D eigenvalue weighted by Crippen LogP contribution is -2.52. The number of hydrogen-bond donors (Lipinski definition) is 1. The first-order valence-electron chi connectivity index (χ1n) is 6.86. The molecule has 0 saturated carbocycles. The number of hydrogen-bond acceptors (Lipinski definition) is 6. The molecule has 0 aliphatic carbocycles. The van der Waals surface area contributed by atoms with Gasteiger partial charge in [0.05, 0.1) is 13.2 Å². The van der Waals surface area contributed by atoms with E-state index in [1.165, 1.54) is 7.05 Å². The van der Waals surface area contributed by atoms with E-state index in [2.05, 4.69) is 0 Å². The van der Waals surface area contributed by atoms with Gasteiger partial charge in [0, 0.05) is 13.6 Å². The minimum absolute atomic E-state index is 0.0299. The maximum Gasteiger partial charge on any atom is 0.335 e. The molecule has 0 saturated heterocycles. The molecule has 0 spiro atoms. The summed E-state index contributed by atoms with van der Waals surface area (Å²) in [6.45, 7) is 5.38. The van der Waals surface area contributed by atoms with E-state index in [1.54, 1.807) is 13.8 Å². The van der Waals surface area contributed by atoms with Crippen LogP contribution in [0.5, 0.6) is 0 Å². The lowest BCUT2D eigenvalue weighted by atomic mass is 10.3. The van der Waals surface area contributed by atoms with Gasteiger partial charge in [0.2, 0.25) is 6.04 Å². The molecule has 0 heterocycles. The van der Waals surface area contributed by atoms with Crippen LogP contribution in [-0.2, 0) is 29.3 Å². The third-order valence-corrected chi connectivity index (χ3v) is 4.09. The highest BCUT2D eigenvalue weighted by atomic mass is 32.2. The molecule has 0 fully saturated rings. The molecule has 0 atom stereocenters. The monoisotopic (exact) mass is 324 g/mol. The van der Waals surface area contributed by atoms with Crippen LogP contribution in [0.2, 0.25) is 0 Å². The zero-order valence-electron chi connectivity index (χ0n) is 12.9. The van der Waals surface area contributed by atoms with Crippen molar-refractivity contribution in [1.82, 2.24) is 9.03 Å². The molecular weight excluding hydrogens is 300 g/mol. The third kappa shape index (κ3) is 6.87. The van der Waals surface area contributed by atoms with Gasteiger partial charge in [-0.1, -0.05) is 13.3 Å². The number of esters is 2. The van der Waals surface area contributed by atoms with Gasteiger partial charge in [-0.05, 0) is 20.3 Å². The second kappa shape index (κ2) is 9.69. The predicted molar refractivity (Wildman–Crippen MR) is 76.6 cm³/mol. The van der Waals surface area contributed by atoms with Crippen molar-refractivity contribution in [2.45, 2.75) is 39.7 Å². The van der Waals surface area contributed by atoms with Crippen LogP contribution >= 0.6 is 0 Å². The molecule has 0 radical (unpaired) electrons. The summed E-state index contributed by atoms with van der Waals surface area (Å²) >= 11 is 0. The molecule has 1 N–H and O–H groups in total. The first-order chi connectivity index (χ1) is 9.80. The minimum Gasteiger partial charge on any atom is -0.464 e. The predicted octanol–water partition coefficient (Wildman–Crippen LogP) is 0.0475. The van der Waals surface area contributed by atoms with E-state index >= 15 is 0 Å². The summed E-state index contributed by atoms with van der Waals surface area (Å²) in [6.07, 6.45) is 1.49. The zero-order chi connectivity index (χ0) is 16.5. The van der Waals surface area contributed by atoms with Gasteiger partial charge < -0.3 is 9.47 Å². The Hall–Kier alpha value is -1.19. The van der Waals surface area contributed by atoms with E-state index in [1.807, 2.05) is 11.6 Å². The first-order valence-corrected chi connectivity index (χ1v) is 8.30. The highest BCUT2D eigenvalue weighted by molar-refractivity contribution is 7.87. The molecule has 9 heteroatoms. The van der Waals surface area contributed by atoms with E-state index in [0.717, 1.165) is 10.7 Å². The van der Waals surface area contributed by atoms with E-state index < -0.39 is 28.2 Å². The second-order valence-electron chi connectivity index (χ2n) is 4.24. The maximum absolute atomic E-state index is 12.1. The molecular formula is C12H24N2O6S. The van der Waals surface area contributed by atoms with Crippen LogP contribution in [0.1, 0.15) is 33.6 Å². The summed E-state index contributed by atoms with van der Waals surface area (Å²) in [7, 11) is -2.61. The molecule has 21 heavy (non-hydrogen) atoms. The molecule has 124 valence electrons. The summed E-state index contributed by atoms with van der Waals surface area (Å²) in [5, 5.41) is 0. The Morgan fingerprint density at radius 1 is 1.10 bits per heavy atom. The Morgan fingerprint density at radius 3 is 1.95 bits per heavy atom. The summed E-state index contributed by atoms with van der Waals surface area (Å²) < 4.78 is 36.6. The van der Waals surface area contributed by atoms with Crippen LogP contribution in [0.25, 0.3) is 0 Å². The largest absolute Gasteiger partial charge is 0.464 e. The lowest BCUT2D eigenvalue weighted by Gasteiger charge is -2.21. The summed E-state index contributed by atoms with van der Waals surface area (Å²) in [5.41, 5.74) is 0. The Kier molecular flexibility index (Phi) is 9.14. The fourth-order valence-electron chi connectivity index (χ4n) is 1.38. The molecule has 0 rings (SSSR count). The fourth-order valence-corrected chi connectivity index (χ4v) is 2.42. The number of nitrogens with one attached hydrogen (secondary N) is 1.